The van der Waals surface area contributed by atoms with E-state index in [2.05, 4.69) is 117 Å². The van der Waals surface area contributed by atoms with Crippen LogP contribution in [0.3, 0.4) is 0 Å². The first-order valence-corrected chi connectivity index (χ1v) is 34.1. The molecule has 74 heavy (non-hydrogen) atoms. The maximum atomic E-state index is 5.02. The summed E-state index contributed by atoms with van der Waals surface area (Å²) in [6.45, 7) is 19.4. The van der Waals surface area contributed by atoms with Crippen LogP contribution in [-0.4, -0.2) is 48.2 Å². The Morgan fingerprint density at radius 3 is 1.30 bits per heavy atom. The van der Waals surface area contributed by atoms with Crippen molar-refractivity contribution in [2.45, 2.75) is 125 Å². The average molecular weight is 1150 g/mol. The van der Waals surface area contributed by atoms with E-state index in [0.29, 0.717) is 5.92 Å². The fourth-order valence-electron chi connectivity index (χ4n) is 10.6. The molecule has 7 nitrogen and oxygen atoms in total. The third-order valence-corrected chi connectivity index (χ3v) is 24.4. The Morgan fingerprint density at radius 2 is 0.851 bits per heavy atom. The Kier molecular flexibility index (Phi) is 15.3. The van der Waals surface area contributed by atoms with Crippen LogP contribution in [-0.2, 0) is 6.54 Å². The van der Waals surface area contributed by atoms with Crippen LogP contribution in [0.15, 0.2) is 60.7 Å². The van der Waals surface area contributed by atoms with E-state index in [9.17, 15) is 0 Å². The van der Waals surface area contributed by atoms with Crippen molar-refractivity contribution in [1.29, 1.82) is 0 Å². The van der Waals surface area contributed by atoms with E-state index in [0.717, 1.165) is 54.8 Å². The van der Waals surface area contributed by atoms with Crippen LogP contribution < -0.4 is 9.80 Å². The molecule has 0 aliphatic carbocycles. The Hall–Kier alpha value is -3.84. The standard InChI is InChI=1S/C58H63N7S9/c1-7-13-18-34(12-6)33-65-39-27-40(35-19-20-36(52-51(35)59-73-60-52)41-28-44-46(66-41)31-49(68-44)63(23-14-8-2)24-15-9-3)70-56(39)58-55(65)57-48(72-58)30-43(71-57)38-22-21-37(53-54(38)62-74-61-53)42-29-45-47(67-42)32-50(69-45)64(25-16-10-4)26-17-11-5/h19-22,27-32,34H,7-18,23-26,33H2,1-6H3. The number of unbranched alkanes of at least 4 members (excludes halogenated alkanes) is 5. The van der Waals surface area contributed by atoms with E-state index >= 15 is 0 Å². The molecule has 0 radical (unpaired) electrons. The zero-order valence-corrected chi connectivity index (χ0v) is 50.5. The summed E-state index contributed by atoms with van der Waals surface area (Å²) in [5, 5.41) is 2.82. The summed E-state index contributed by atoms with van der Waals surface area (Å²) < 4.78 is 33.7. The molecule has 1 unspecified atom stereocenters. The molecule has 0 bridgehead atoms. The molecule has 10 heterocycles. The van der Waals surface area contributed by atoms with E-state index in [4.69, 9.17) is 17.5 Å². The van der Waals surface area contributed by atoms with Crippen LogP contribution in [0.25, 0.3) is 112 Å². The molecule has 1 atom stereocenters. The second-order valence-corrected chi connectivity index (χ2v) is 28.4. The van der Waals surface area contributed by atoms with Gasteiger partial charge in [0.2, 0.25) is 0 Å². The fraction of sp³-hybridized carbons (Fsp3) is 0.414. The molecule has 0 saturated heterocycles. The highest BCUT2D eigenvalue weighted by atomic mass is 32.1. The monoisotopic (exact) mass is 1150 g/mol. The van der Waals surface area contributed by atoms with Crippen molar-refractivity contribution >= 4 is 184 Å². The summed E-state index contributed by atoms with van der Waals surface area (Å²) >= 11 is 16.2. The minimum atomic E-state index is 0.612. The van der Waals surface area contributed by atoms with Gasteiger partial charge < -0.3 is 14.4 Å². The second kappa shape index (κ2) is 22.3. The lowest BCUT2D eigenvalue weighted by atomic mass is 9.99. The highest BCUT2D eigenvalue weighted by molar-refractivity contribution is 7.37. The number of aromatic nitrogens is 5. The summed E-state index contributed by atoms with van der Waals surface area (Å²) in [6.07, 6.45) is 14.7. The van der Waals surface area contributed by atoms with Gasteiger partial charge in [0.25, 0.3) is 0 Å². The summed E-state index contributed by atoms with van der Waals surface area (Å²) in [5.41, 5.74) is 11.6. The SMILES string of the molecule is CCCCC(CC)Cn1c2cc(-c3ccc(-c4cc5sc(N(CCCC)CCCC)cc5s4)c4nsnc34)sc2c2sc3cc(-c4ccc(-c5cc6sc(N(CCCC)CCCC)cc6s5)c5nsnc45)sc3c21. The van der Waals surface area contributed by atoms with Crippen LogP contribution in [0, 0.1) is 5.92 Å². The average Bonchev–Trinajstić information content (AvgIpc) is 4.25. The zero-order valence-electron chi connectivity index (χ0n) is 43.2. The first kappa shape index (κ1) is 50.9. The molecule has 0 amide bonds. The maximum Gasteiger partial charge on any atom is 0.114 e. The highest BCUT2D eigenvalue weighted by Crippen LogP contribution is 2.53. The Balaban J connectivity index is 0.882. The van der Waals surface area contributed by atoms with Gasteiger partial charge in [0.1, 0.15) is 22.1 Å². The van der Waals surface area contributed by atoms with E-state index in [1.54, 1.807) is 0 Å². The zero-order chi connectivity index (χ0) is 50.5. The highest BCUT2D eigenvalue weighted by Gasteiger charge is 2.27. The van der Waals surface area contributed by atoms with Crippen molar-refractivity contribution in [3.05, 3.63) is 60.7 Å². The smallest absolute Gasteiger partial charge is 0.114 e. The first-order valence-electron chi connectivity index (χ1n) is 27.0. The van der Waals surface area contributed by atoms with E-state index in [1.807, 2.05) is 79.4 Å². The third kappa shape index (κ3) is 9.47. The number of thiophene rings is 7. The van der Waals surface area contributed by atoms with Crippen molar-refractivity contribution < 1.29 is 0 Å². The predicted molar refractivity (Wildman–Crippen MR) is 338 cm³/mol. The molecule has 0 aliphatic rings. The molecule has 0 spiro atoms. The molecule has 0 aliphatic heterocycles. The number of hydrogen-bond acceptors (Lipinski definition) is 15. The molecule has 10 aromatic heterocycles. The van der Waals surface area contributed by atoms with Gasteiger partial charge in [0.05, 0.1) is 58.6 Å². The minimum absolute atomic E-state index is 0.612. The number of nitrogens with zero attached hydrogens (tertiary/aromatic N) is 7. The fourth-order valence-corrected chi connectivity index (χ4v) is 20.7. The molecule has 2 aromatic carbocycles. The Morgan fingerprint density at radius 1 is 0.432 bits per heavy atom. The molecule has 0 N–H and O–H groups in total. The predicted octanol–water partition coefficient (Wildman–Crippen LogP) is 21.4. The van der Waals surface area contributed by atoms with Gasteiger partial charge in [-0.1, -0.05) is 111 Å². The van der Waals surface area contributed by atoms with Gasteiger partial charge in [-0.2, -0.15) is 17.5 Å². The lowest BCUT2D eigenvalue weighted by Gasteiger charge is -2.22. The van der Waals surface area contributed by atoms with Gasteiger partial charge in [-0.25, -0.2) is 0 Å². The van der Waals surface area contributed by atoms with Crippen LogP contribution >= 0.6 is 103 Å². The lowest BCUT2D eigenvalue weighted by Crippen LogP contribution is -2.24. The molecule has 12 aromatic rings. The summed E-state index contributed by atoms with van der Waals surface area (Å²) in [4.78, 5) is 10.3. The summed E-state index contributed by atoms with van der Waals surface area (Å²) in [5.74, 6) is 0.612. The molecular formula is C58H63N7S9. The van der Waals surface area contributed by atoms with Crippen LogP contribution in [0.2, 0.25) is 0 Å². The van der Waals surface area contributed by atoms with Crippen molar-refractivity contribution in [3.63, 3.8) is 0 Å². The molecule has 12 rings (SSSR count). The Labute approximate surface area is 470 Å². The quantitative estimate of drug-likeness (QED) is 0.0601. The summed E-state index contributed by atoms with van der Waals surface area (Å²) in [6, 6.07) is 23.9. The van der Waals surface area contributed by atoms with Crippen molar-refractivity contribution in [2.75, 3.05) is 36.0 Å². The molecule has 16 heteroatoms. The number of fused-ring (bicyclic) bond motifs is 9. The lowest BCUT2D eigenvalue weighted by molar-refractivity contribution is 0.401. The van der Waals surface area contributed by atoms with Crippen molar-refractivity contribution in [2.24, 2.45) is 5.92 Å². The largest absolute Gasteiger partial charge is 0.363 e. The van der Waals surface area contributed by atoms with Gasteiger partial charge in [0.15, 0.2) is 0 Å². The number of benzene rings is 2. The minimum Gasteiger partial charge on any atom is -0.363 e. The molecule has 0 fully saturated rings. The van der Waals surface area contributed by atoms with E-state index in [-0.39, 0.29) is 0 Å². The van der Waals surface area contributed by atoms with Crippen molar-refractivity contribution in [1.82, 2.24) is 22.1 Å². The topological polar surface area (TPSA) is 63.0 Å². The first-order chi connectivity index (χ1) is 36.4. The summed E-state index contributed by atoms with van der Waals surface area (Å²) in [7, 11) is 0. The molecule has 0 saturated carbocycles. The van der Waals surface area contributed by atoms with Gasteiger partial charge >= 0.3 is 0 Å². The van der Waals surface area contributed by atoms with E-state index < -0.39 is 0 Å². The third-order valence-electron chi connectivity index (χ3n) is 14.8. The van der Waals surface area contributed by atoms with Crippen LogP contribution in [0.1, 0.15) is 119 Å². The van der Waals surface area contributed by atoms with Gasteiger partial charge in [-0.15, -0.1) is 79.4 Å². The van der Waals surface area contributed by atoms with Crippen LogP contribution in [0.4, 0.5) is 10.0 Å². The van der Waals surface area contributed by atoms with Gasteiger partial charge in [0, 0.05) is 98.0 Å². The Bertz CT molecular complexity index is 3800. The van der Waals surface area contributed by atoms with Crippen molar-refractivity contribution in [3.8, 4) is 41.8 Å². The maximum absolute atomic E-state index is 5.02. The molecule has 384 valence electrons. The number of anilines is 2. The van der Waals surface area contributed by atoms with E-state index in [1.165, 1.54) is 201 Å². The van der Waals surface area contributed by atoms with Gasteiger partial charge in [-0.05, 0) is 74.4 Å². The number of rotatable bonds is 24. The van der Waals surface area contributed by atoms with Crippen LogP contribution in [0.5, 0.6) is 0 Å². The number of hydrogen-bond donors (Lipinski definition) is 0. The van der Waals surface area contributed by atoms with Gasteiger partial charge in [-0.3, -0.25) is 0 Å². The molecular weight excluding hydrogens is 1080 g/mol. The normalized spacial score (nSPS) is 12.8. The second-order valence-electron chi connectivity index (χ2n) is 19.9.